The number of fused-ring (bicyclic) bond motifs is 2. The van der Waals surface area contributed by atoms with Crippen LogP contribution in [0.5, 0.6) is 23.0 Å². The molecule has 4 aromatic rings. The molecular weight excluding hydrogens is 480 g/mol. The van der Waals surface area contributed by atoms with E-state index in [9.17, 15) is 9.59 Å². The molecule has 8 heteroatoms. The molecule has 0 fully saturated rings. The monoisotopic (exact) mass is 508 g/mol. The van der Waals surface area contributed by atoms with Crippen LogP contribution in [0.3, 0.4) is 0 Å². The van der Waals surface area contributed by atoms with Gasteiger partial charge in [0.1, 0.15) is 11.5 Å². The molecule has 0 saturated carbocycles. The molecule has 0 bridgehead atoms. The first kappa shape index (κ1) is 24.7. The smallest absolute Gasteiger partial charge is 0.199 e. The van der Waals surface area contributed by atoms with Gasteiger partial charge in [0.25, 0.3) is 0 Å². The molecule has 0 radical (unpaired) electrons. The van der Waals surface area contributed by atoms with E-state index in [0.717, 1.165) is 24.0 Å². The van der Waals surface area contributed by atoms with E-state index in [1.54, 1.807) is 12.1 Å². The van der Waals surface area contributed by atoms with Crippen molar-refractivity contribution in [2.75, 3.05) is 22.9 Å². The molecule has 38 heavy (non-hydrogen) atoms. The minimum absolute atomic E-state index is 0.0139. The van der Waals surface area contributed by atoms with Gasteiger partial charge in [0.05, 0.1) is 33.6 Å². The number of ether oxygens (including phenoxy) is 2. The van der Waals surface area contributed by atoms with Crippen LogP contribution in [0.25, 0.3) is 0 Å². The molecule has 0 aromatic heterocycles. The van der Waals surface area contributed by atoms with Gasteiger partial charge in [-0.1, -0.05) is 38.1 Å². The number of ketones is 2. The van der Waals surface area contributed by atoms with E-state index in [2.05, 4.69) is 0 Å². The maximum Gasteiger partial charge on any atom is 0.199 e. The van der Waals surface area contributed by atoms with Gasteiger partial charge in [-0.3, -0.25) is 9.59 Å². The highest BCUT2D eigenvalue weighted by Crippen LogP contribution is 2.46. The van der Waals surface area contributed by atoms with E-state index >= 15 is 0 Å². The molecule has 0 spiro atoms. The fourth-order valence-electron chi connectivity index (χ4n) is 4.68. The second-order valence-corrected chi connectivity index (χ2v) is 9.12. The van der Waals surface area contributed by atoms with Crippen molar-refractivity contribution in [3.8, 4) is 23.0 Å². The van der Waals surface area contributed by atoms with Crippen molar-refractivity contribution >= 4 is 34.3 Å². The van der Waals surface area contributed by atoms with E-state index in [1.165, 1.54) is 12.1 Å². The van der Waals surface area contributed by atoms with Crippen LogP contribution < -0.4 is 32.4 Å². The predicted octanol–water partition coefficient (Wildman–Crippen LogP) is 5.50. The van der Waals surface area contributed by atoms with Gasteiger partial charge in [0.2, 0.25) is 0 Å². The quantitative estimate of drug-likeness (QED) is 0.219. The molecule has 5 rings (SSSR count). The molecule has 1 aliphatic rings. The highest BCUT2D eigenvalue weighted by molar-refractivity contribution is 6.35. The molecule has 8 N–H and O–H groups in total. The number of anilines is 4. The molecule has 0 atom stereocenters. The summed E-state index contributed by atoms with van der Waals surface area (Å²) in [6, 6.07) is 17.8. The van der Waals surface area contributed by atoms with E-state index in [-0.39, 0.29) is 56.5 Å². The number of rotatable bonds is 6. The van der Waals surface area contributed by atoms with Crippen molar-refractivity contribution in [1.82, 2.24) is 0 Å². The third-order valence-electron chi connectivity index (χ3n) is 6.70. The van der Waals surface area contributed by atoms with Gasteiger partial charge in [-0.25, -0.2) is 0 Å². The van der Waals surface area contributed by atoms with Crippen molar-refractivity contribution in [1.29, 1.82) is 0 Å². The zero-order valence-electron chi connectivity index (χ0n) is 21.1. The zero-order chi connectivity index (χ0) is 27.1. The van der Waals surface area contributed by atoms with Crippen molar-refractivity contribution < 1.29 is 19.1 Å². The lowest BCUT2D eigenvalue weighted by molar-refractivity contribution is 0.0981. The van der Waals surface area contributed by atoms with Crippen LogP contribution >= 0.6 is 0 Å². The summed E-state index contributed by atoms with van der Waals surface area (Å²) in [7, 11) is 0. The molecule has 0 aliphatic heterocycles. The second kappa shape index (κ2) is 9.48. The Morgan fingerprint density at radius 2 is 0.974 bits per heavy atom. The van der Waals surface area contributed by atoms with Crippen molar-refractivity contribution in [2.45, 2.75) is 26.7 Å². The SMILES string of the molecule is CCc1cccc(Oc2cc(N)c3c(c2N)C(=O)c2c(N)c(Oc4cccc(CC)c4)cc(N)c2C3=O)c1. The third-order valence-corrected chi connectivity index (χ3v) is 6.70. The van der Waals surface area contributed by atoms with E-state index < -0.39 is 11.6 Å². The van der Waals surface area contributed by atoms with Crippen LogP contribution in [0.2, 0.25) is 0 Å². The Bertz CT molecular complexity index is 1510. The lowest BCUT2D eigenvalue weighted by Crippen LogP contribution is -2.26. The fraction of sp³-hybridized carbons (Fsp3) is 0.133. The topological polar surface area (TPSA) is 157 Å². The standard InChI is InChI=1S/C30H28N4O4/c1-3-15-7-5-9-17(11-15)37-21-13-19(31)23-25(27(21)33)30(36)26-24(29(23)35)20(32)14-22(28(26)34)38-18-10-6-8-16(4-2)12-18/h5-14H,3-4,31-34H2,1-2H3. The Kier molecular flexibility index (Phi) is 6.16. The normalized spacial score (nSPS) is 12.2. The molecule has 0 amide bonds. The summed E-state index contributed by atoms with van der Waals surface area (Å²) in [6.07, 6.45) is 1.63. The second-order valence-electron chi connectivity index (χ2n) is 9.12. The summed E-state index contributed by atoms with van der Waals surface area (Å²) >= 11 is 0. The average Bonchev–Trinajstić information content (AvgIpc) is 2.91. The van der Waals surface area contributed by atoms with Gasteiger partial charge in [-0.2, -0.15) is 0 Å². The first-order valence-corrected chi connectivity index (χ1v) is 12.3. The lowest BCUT2D eigenvalue weighted by atomic mass is 9.80. The van der Waals surface area contributed by atoms with Crippen molar-refractivity contribution in [2.24, 2.45) is 0 Å². The molecule has 0 unspecified atom stereocenters. The number of carbonyl (C=O) groups is 2. The Morgan fingerprint density at radius 3 is 1.37 bits per heavy atom. The van der Waals surface area contributed by atoms with Crippen LogP contribution in [-0.4, -0.2) is 11.6 Å². The Balaban J connectivity index is 1.61. The molecule has 1 aliphatic carbocycles. The average molecular weight is 509 g/mol. The number of nitrogens with two attached hydrogens (primary N) is 4. The third kappa shape index (κ3) is 4.06. The predicted molar refractivity (Wildman–Crippen MR) is 149 cm³/mol. The summed E-state index contributed by atoms with van der Waals surface area (Å²) in [5.41, 5.74) is 27.4. The summed E-state index contributed by atoms with van der Waals surface area (Å²) in [4.78, 5) is 27.5. The summed E-state index contributed by atoms with van der Waals surface area (Å²) in [5, 5.41) is 0. The van der Waals surface area contributed by atoms with E-state index in [4.69, 9.17) is 32.4 Å². The van der Waals surface area contributed by atoms with Gasteiger partial charge < -0.3 is 32.4 Å². The summed E-state index contributed by atoms with van der Waals surface area (Å²) < 4.78 is 12.0. The van der Waals surface area contributed by atoms with Crippen molar-refractivity contribution in [3.05, 3.63) is 94.0 Å². The molecule has 8 nitrogen and oxygen atoms in total. The van der Waals surface area contributed by atoms with Crippen LogP contribution in [-0.2, 0) is 12.8 Å². The molecule has 192 valence electrons. The highest BCUT2D eigenvalue weighted by atomic mass is 16.5. The first-order chi connectivity index (χ1) is 18.2. The first-order valence-electron chi connectivity index (χ1n) is 12.3. The fourth-order valence-corrected chi connectivity index (χ4v) is 4.68. The minimum Gasteiger partial charge on any atom is -0.455 e. The van der Waals surface area contributed by atoms with E-state index in [1.807, 2.05) is 50.2 Å². The summed E-state index contributed by atoms with van der Waals surface area (Å²) in [6.45, 7) is 4.06. The maximum absolute atomic E-state index is 13.9. The van der Waals surface area contributed by atoms with Gasteiger partial charge >= 0.3 is 0 Å². The Morgan fingerprint density at radius 1 is 0.579 bits per heavy atom. The number of hydrogen-bond donors (Lipinski definition) is 4. The number of carbonyl (C=O) groups excluding carboxylic acids is 2. The van der Waals surface area contributed by atoms with Gasteiger partial charge in [0.15, 0.2) is 23.1 Å². The molecule has 0 heterocycles. The largest absolute Gasteiger partial charge is 0.455 e. The number of nitrogen functional groups attached to an aromatic ring is 4. The molecule has 0 saturated heterocycles. The zero-order valence-corrected chi connectivity index (χ0v) is 21.1. The van der Waals surface area contributed by atoms with Gasteiger partial charge in [0, 0.05) is 23.5 Å². The highest BCUT2D eigenvalue weighted by Gasteiger charge is 2.38. The van der Waals surface area contributed by atoms with Gasteiger partial charge in [-0.15, -0.1) is 0 Å². The van der Waals surface area contributed by atoms with Crippen LogP contribution in [0.15, 0.2) is 60.7 Å². The Labute approximate surface area is 220 Å². The number of benzene rings is 4. The summed E-state index contributed by atoms with van der Waals surface area (Å²) in [5.74, 6) is 0.257. The van der Waals surface area contributed by atoms with Crippen LogP contribution in [0, 0.1) is 0 Å². The molecular formula is C30H28N4O4. The van der Waals surface area contributed by atoms with Crippen molar-refractivity contribution in [3.63, 3.8) is 0 Å². The molecule has 4 aromatic carbocycles. The lowest BCUT2D eigenvalue weighted by Gasteiger charge is -2.25. The number of hydrogen-bond acceptors (Lipinski definition) is 8. The van der Waals surface area contributed by atoms with Gasteiger partial charge in [-0.05, 0) is 48.2 Å². The maximum atomic E-state index is 13.9. The van der Waals surface area contributed by atoms with Crippen LogP contribution in [0.1, 0.15) is 56.8 Å². The number of aryl methyl sites for hydroxylation is 2. The Hall–Kier alpha value is -4.98. The van der Waals surface area contributed by atoms with Crippen LogP contribution in [0.4, 0.5) is 22.7 Å². The minimum atomic E-state index is -0.580. The van der Waals surface area contributed by atoms with E-state index in [0.29, 0.717) is 11.5 Å².